The fourth-order valence-corrected chi connectivity index (χ4v) is 3.11. The molecule has 2 N–H and O–H groups in total. The van der Waals surface area contributed by atoms with Gasteiger partial charge in [-0.15, -0.1) is 0 Å². The third kappa shape index (κ3) is 6.44. The Hall–Kier alpha value is -3.61. The Morgan fingerprint density at radius 2 is 1.68 bits per heavy atom. The van der Waals surface area contributed by atoms with Crippen molar-refractivity contribution < 1.29 is 23.0 Å². The van der Waals surface area contributed by atoms with Crippen LogP contribution >= 0.6 is 0 Å². The minimum absolute atomic E-state index is 0.0283. The molecule has 0 bridgehead atoms. The quantitative estimate of drug-likeness (QED) is 0.485. The molecule has 3 aromatic rings. The average Bonchev–Trinajstić information content (AvgIpc) is 2.79. The lowest BCUT2D eigenvalue weighted by molar-refractivity contribution is -0.0512. The maximum absolute atomic E-state index is 12.7. The van der Waals surface area contributed by atoms with Crippen LogP contribution in [0.15, 0.2) is 72.8 Å². The molecule has 0 aliphatic carbocycles. The summed E-state index contributed by atoms with van der Waals surface area (Å²) in [6, 6.07) is 21.9. The van der Waals surface area contributed by atoms with E-state index in [4.69, 9.17) is 4.74 Å². The maximum atomic E-state index is 12.7. The van der Waals surface area contributed by atoms with E-state index >= 15 is 0 Å². The number of rotatable bonds is 10. The number of para-hydroxylation sites is 1. The number of halogens is 2. The van der Waals surface area contributed by atoms with Gasteiger partial charge in [-0.1, -0.05) is 48.5 Å². The van der Waals surface area contributed by atoms with Crippen molar-refractivity contribution in [1.29, 1.82) is 0 Å². The van der Waals surface area contributed by atoms with Gasteiger partial charge in [-0.05, 0) is 41.8 Å². The third-order valence-electron chi connectivity index (χ3n) is 4.64. The van der Waals surface area contributed by atoms with E-state index < -0.39 is 6.61 Å². The predicted molar refractivity (Wildman–Crippen MR) is 116 cm³/mol. The smallest absolute Gasteiger partial charge is 0.387 e. The van der Waals surface area contributed by atoms with E-state index in [1.165, 1.54) is 13.2 Å². The van der Waals surface area contributed by atoms with Gasteiger partial charge >= 0.3 is 6.61 Å². The molecule has 162 valence electrons. The normalized spacial score (nSPS) is 10.6. The molecule has 1 amide bonds. The molecule has 3 rings (SSSR count). The predicted octanol–water partition coefficient (Wildman–Crippen LogP) is 4.88. The van der Waals surface area contributed by atoms with Gasteiger partial charge < -0.3 is 20.1 Å². The standard InChI is InChI=1S/C24H24F2N2O3/c1-30-22-15-18(11-12-21(22)31-24(25)26)16-28-20-10-6-5-9-19(20)23(29)27-14-13-17-7-3-2-4-8-17/h2-12,15,24,28H,13-14,16H2,1H3,(H,27,29). The third-order valence-corrected chi connectivity index (χ3v) is 4.64. The number of carbonyl (C=O) groups is 1. The highest BCUT2D eigenvalue weighted by molar-refractivity contribution is 5.99. The number of hydrogen-bond acceptors (Lipinski definition) is 4. The highest BCUT2D eigenvalue weighted by Crippen LogP contribution is 2.30. The van der Waals surface area contributed by atoms with Crippen LogP contribution < -0.4 is 20.1 Å². The number of nitrogens with one attached hydrogen (secondary N) is 2. The molecule has 0 radical (unpaired) electrons. The van der Waals surface area contributed by atoms with E-state index in [2.05, 4.69) is 15.4 Å². The van der Waals surface area contributed by atoms with Gasteiger partial charge in [-0.3, -0.25) is 4.79 Å². The van der Waals surface area contributed by atoms with Gasteiger partial charge in [0.25, 0.3) is 5.91 Å². The summed E-state index contributed by atoms with van der Waals surface area (Å²) in [6.07, 6.45) is 0.745. The molecule has 0 fully saturated rings. The van der Waals surface area contributed by atoms with Crippen LogP contribution in [0, 0.1) is 0 Å². The van der Waals surface area contributed by atoms with Crippen molar-refractivity contribution in [2.75, 3.05) is 19.0 Å². The Kier molecular flexibility index (Phi) is 7.81. The minimum Gasteiger partial charge on any atom is -0.493 e. The highest BCUT2D eigenvalue weighted by Gasteiger charge is 2.13. The van der Waals surface area contributed by atoms with Crippen LogP contribution in [0.1, 0.15) is 21.5 Å². The van der Waals surface area contributed by atoms with E-state index in [9.17, 15) is 13.6 Å². The molecule has 0 unspecified atom stereocenters. The summed E-state index contributed by atoms with van der Waals surface area (Å²) in [6.45, 7) is -2.02. The van der Waals surface area contributed by atoms with Crippen LogP contribution in [0.3, 0.4) is 0 Å². The number of hydrogen-bond donors (Lipinski definition) is 2. The maximum Gasteiger partial charge on any atom is 0.387 e. The number of amides is 1. The summed E-state index contributed by atoms with van der Waals surface area (Å²) in [4.78, 5) is 12.7. The van der Waals surface area contributed by atoms with Gasteiger partial charge in [-0.25, -0.2) is 0 Å². The molecule has 5 nitrogen and oxygen atoms in total. The second-order valence-electron chi connectivity index (χ2n) is 6.75. The molecule has 0 saturated carbocycles. The van der Waals surface area contributed by atoms with E-state index in [-0.39, 0.29) is 17.4 Å². The molecule has 7 heteroatoms. The molecular formula is C24H24F2N2O3. The van der Waals surface area contributed by atoms with Crippen LogP contribution in [0.2, 0.25) is 0 Å². The number of benzene rings is 3. The Labute approximate surface area is 180 Å². The summed E-state index contributed by atoms with van der Waals surface area (Å²) < 4.78 is 34.5. The van der Waals surface area contributed by atoms with Crippen LogP contribution in [0.5, 0.6) is 11.5 Å². The lowest BCUT2D eigenvalue weighted by atomic mass is 10.1. The van der Waals surface area contributed by atoms with Crippen LogP contribution in [0.4, 0.5) is 14.5 Å². The number of ether oxygens (including phenoxy) is 2. The molecule has 0 aliphatic rings. The van der Waals surface area contributed by atoms with E-state index in [1.54, 1.807) is 24.3 Å². The van der Waals surface area contributed by atoms with Crippen molar-refractivity contribution in [3.63, 3.8) is 0 Å². The van der Waals surface area contributed by atoms with Crippen molar-refractivity contribution in [1.82, 2.24) is 5.32 Å². The van der Waals surface area contributed by atoms with Crippen LogP contribution in [0.25, 0.3) is 0 Å². The zero-order valence-corrected chi connectivity index (χ0v) is 17.1. The van der Waals surface area contributed by atoms with E-state index in [0.29, 0.717) is 24.3 Å². The first-order valence-electron chi connectivity index (χ1n) is 9.83. The molecule has 0 saturated heterocycles. The van der Waals surface area contributed by atoms with Gasteiger partial charge in [-0.2, -0.15) is 8.78 Å². The second kappa shape index (κ2) is 11.0. The average molecular weight is 426 g/mol. The van der Waals surface area contributed by atoms with Crippen molar-refractivity contribution >= 4 is 11.6 Å². The van der Waals surface area contributed by atoms with Crippen molar-refractivity contribution in [2.45, 2.75) is 19.6 Å². The van der Waals surface area contributed by atoms with E-state index in [0.717, 1.165) is 17.5 Å². The first kappa shape index (κ1) is 22.1. The molecule has 3 aromatic carbocycles. The van der Waals surface area contributed by atoms with Gasteiger partial charge in [0, 0.05) is 18.8 Å². The molecule has 0 aliphatic heterocycles. The lowest BCUT2D eigenvalue weighted by Crippen LogP contribution is -2.26. The van der Waals surface area contributed by atoms with E-state index in [1.807, 2.05) is 42.5 Å². The number of anilines is 1. The number of carbonyl (C=O) groups excluding carboxylic acids is 1. The SMILES string of the molecule is COc1cc(CNc2ccccc2C(=O)NCCc2ccccc2)ccc1OC(F)F. The Bertz CT molecular complexity index is 997. The monoisotopic (exact) mass is 426 g/mol. The fourth-order valence-electron chi connectivity index (χ4n) is 3.11. The summed E-state index contributed by atoms with van der Waals surface area (Å²) in [5, 5.41) is 6.17. The highest BCUT2D eigenvalue weighted by atomic mass is 19.3. The second-order valence-corrected chi connectivity index (χ2v) is 6.75. The number of methoxy groups -OCH3 is 1. The van der Waals surface area contributed by atoms with Crippen molar-refractivity contribution in [3.05, 3.63) is 89.5 Å². The Morgan fingerprint density at radius 3 is 2.42 bits per heavy atom. The topological polar surface area (TPSA) is 59.6 Å². The first-order chi connectivity index (χ1) is 15.1. The summed E-state index contributed by atoms with van der Waals surface area (Å²) >= 11 is 0. The zero-order chi connectivity index (χ0) is 22.1. The molecule has 0 heterocycles. The molecule has 0 spiro atoms. The molecule has 0 aromatic heterocycles. The Morgan fingerprint density at radius 1 is 0.935 bits per heavy atom. The fraction of sp³-hybridized carbons (Fsp3) is 0.208. The minimum atomic E-state index is -2.93. The van der Waals surface area contributed by atoms with Crippen LogP contribution in [-0.2, 0) is 13.0 Å². The zero-order valence-electron chi connectivity index (χ0n) is 17.1. The summed E-state index contributed by atoms with van der Waals surface area (Å²) in [5.41, 5.74) is 3.15. The van der Waals surface area contributed by atoms with Crippen molar-refractivity contribution in [3.8, 4) is 11.5 Å². The summed E-state index contributed by atoms with van der Waals surface area (Å²) in [5.74, 6) is 0.0169. The van der Waals surface area contributed by atoms with Crippen molar-refractivity contribution in [2.24, 2.45) is 0 Å². The van der Waals surface area contributed by atoms with Gasteiger partial charge in [0.05, 0.1) is 12.7 Å². The van der Waals surface area contributed by atoms with Gasteiger partial charge in [0.15, 0.2) is 11.5 Å². The molecule has 31 heavy (non-hydrogen) atoms. The first-order valence-corrected chi connectivity index (χ1v) is 9.83. The Balaban J connectivity index is 1.62. The lowest BCUT2D eigenvalue weighted by Gasteiger charge is -2.14. The molecular weight excluding hydrogens is 402 g/mol. The van der Waals surface area contributed by atoms with Gasteiger partial charge in [0.2, 0.25) is 0 Å². The molecule has 0 atom stereocenters. The largest absolute Gasteiger partial charge is 0.493 e. The number of alkyl halides is 2. The van der Waals surface area contributed by atoms with Gasteiger partial charge in [0.1, 0.15) is 0 Å². The summed E-state index contributed by atoms with van der Waals surface area (Å²) in [7, 11) is 1.39. The van der Waals surface area contributed by atoms with Crippen LogP contribution in [-0.4, -0.2) is 26.2 Å².